The molecule has 1 amide bonds. The summed E-state index contributed by atoms with van der Waals surface area (Å²) in [5.74, 6) is -0.00485. The normalized spacial score (nSPS) is 10.6. The van der Waals surface area contributed by atoms with Crippen LogP contribution in [0, 0.1) is 0 Å². The number of carbonyl (C=O) groups excluding carboxylic acids is 1. The lowest BCUT2D eigenvalue weighted by molar-refractivity contribution is 0.0690. The summed E-state index contributed by atoms with van der Waals surface area (Å²) < 4.78 is 0. The molecule has 21 heavy (non-hydrogen) atoms. The number of carbonyl (C=O) groups is 1. The van der Waals surface area contributed by atoms with Crippen LogP contribution in [0.25, 0.3) is 0 Å². The van der Waals surface area contributed by atoms with E-state index < -0.39 is 0 Å². The average molecular weight is 284 g/mol. The van der Waals surface area contributed by atoms with E-state index in [1.54, 1.807) is 23.1 Å². The minimum Gasteiger partial charge on any atom is -0.508 e. The van der Waals surface area contributed by atoms with Gasteiger partial charge in [0, 0.05) is 23.8 Å². The number of benzene rings is 2. The molecular weight excluding hydrogens is 264 g/mol. The van der Waals surface area contributed by atoms with E-state index in [4.69, 9.17) is 5.73 Å². The molecular formula is C17H20N2O2. The van der Waals surface area contributed by atoms with Crippen molar-refractivity contribution in [2.75, 3.05) is 5.73 Å². The van der Waals surface area contributed by atoms with Gasteiger partial charge >= 0.3 is 0 Å². The highest BCUT2D eigenvalue weighted by Gasteiger charge is 2.19. The molecule has 0 atom stereocenters. The smallest absolute Gasteiger partial charge is 0.254 e. The first-order chi connectivity index (χ1) is 9.97. The largest absolute Gasteiger partial charge is 0.508 e. The van der Waals surface area contributed by atoms with E-state index in [0.717, 1.165) is 5.56 Å². The molecule has 3 N–H and O–H groups in total. The lowest BCUT2D eigenvalue weighted by atomic mass is 10.1. The first-order valence-electron chi connectivity index (χ1n) is 6.92. The van der Waals surface area contributed by atoms with Gasteiger partial charge in [-0.15, -0.1) is 0 Å². The zero-order valence-electron chi connectivity index (χ0n) is 12.3. The molecule has 0 aliphatic carbocycles. The van der Waals surface area contributed by atoms with Crippen molar-refractivity contribution in [1.29, 1.82) is 0 Å². The van der Waals surface area contributed by atoms with E-state index >= 15 is 0 Å². The fourth-order valence-corrected chi connectivity index (χ4v) is 2.11. The number of hydrogen-bond donors (Lipinski definition) is 2. The Balaban J connectivity index is 2.22. The maximum atomic E-state index is 12.6. The topological polar surface area (TPSA) is 66.6 Å². The van der Waals surface area contributed by atoms with Crippen molar-refractivity contribution in [3.8, 4) is 5.75 Å². The van der Waals surface area contributed by atoms with Crippen LogP contribution in [-0.2, 0) is 6.54 Å². The summed E-state index contributed by atoms with van der Waals surface area (Å²) in [5.41, 5.74) is 7.88. The van der Waals surface area contributed by atoms with Crippen LogP contribution in [0.3, 0.4) is 0 Å². The Kier molecular flexibility index (Phi) is 4.48. The molecule has 0 radical (unpaired) electrons. The van der Waals surface area contributed by atoms with Crippen LogP contribution < -0.4 is 5.73 Å². The maximum Gasteiger partial charge on any atom is 0.254 e. The second-order valence-electron chi connectivity index (χ2n) is 5.32. The second-order valence-corrected chi connectivity index (χ2v) is 5.32. The predicted octanol–water partition coefficient (Wildman–Crippen LogP) is 3.03. The van der Waals surface area contributed by atoms with Gasteiger partial charge in [-0.05, 0) is 49.7 Å². The number of amides is 1. The number of rotatable bonds is 4. The second kappa shape index (κ2) is 6.31. The Hall–Kier alpha value is -2.49. The summed E-state index contributed by atoms with van der Waals surface area (Å²) in [6, 6.07) is 14.0. The number of nitrogens with two attached hydrogens (primary N) is 1. The summed E-state index contributed by atoms with van der Waals surface area (Å²) in [5, 5.41) is 9.52. The van der Waals surface area contributed by atoms with E-state index in [-0.39, 0.29) is 17.7 Å². The summed E-state index contributed by atoms with van der Waals surface area (Å²) in [7, 11) is 0. The number of anilines is 1. The minimum absolute atomic E-state index is 0.0532. The molecule has 4 nitrogen and oxygen atoms in total. The molecule has 0 saturated heterocycles. The molecule has 0 fully saturated rings. The zero-order chi connectivity index (χ0) is 15.4. The summed E-state index contributed by atoms with van der Waals surface area (Å²) in [6.07, 6.45) is 0. The fraction of sp³-hybridized carbons (Fsp3) is 0.235. The van der Waals surface area contributed by atoms with Crippen LogP contribution in [0.4, 0.5) is 5.69 Å². The monoisotopic (exact) mass is 284 g/mol. The number of nitrogen functional groups attached to an aromatic ring is 1. The number of phenols is 1. The first kappa shape index (κ1) is 14.9. The standard InChI is InChI=1S/C17H20N2O2/c1-12(2)19(11-13-6-8-15(18)9-7-13)17(21)14-4-3-5-16(20)10-14/h3-10,12,20H,11,18H2,1-2H3. The van der Waals surface area contributed by atoms with Crippen LogP contribution in [0.2, 0.25) is 0 Å². The lowest BCUT2D eigenvalue weighted by Crippen LogP contribution is -2.36. The van der Waals surface area contributed by atoms with Crippen molar-refractivity contribution in [3.63, 3.8) is 0 Å². The van der Waals surface area contributed by atoms with E-state index in [9.17, 15) is 9.90 Å². The third-order valence-corrected chi connectivity index (χ3v) is 3.31. The molecule has 2 aromatic rings. The average Bonchev–Trinajstić information content (AvgIpc) is 2.45. The molecule has 0 bridgehead atoms. The van der Waals surface area contributed by atoms with Crippen LogP contribution in [0.15, 0.2) is 48.5 Å². The highest BCUT2D eigenvalue weighted by Crippen LogP contribution is 2.17. The van der Waals surface area contributed by atoms with Gasteiger partial charge < -0.3 is 15.7 Å². The van der Waals surface area contributed by atoms with Crippen LogP contribution in [0.1, 0.15) is 29.8 Å². The number of phenolic OH excluding ortho intramolecular Hbond substituents is 1. The number of aromatic hydroxyl groups is 1. The molecule has 110 valence electrons. The first-order valence-corrected chi connectivity index (χ1v) is 6.92. The van der Waals surface area contributed by atoms with Gasteiger partial charge in [-0.3, -0.25) is 4.79 Å². The van der Waals surface area contributed by atoms with Gasteiger partial charge in [0.05, 0.1) is 0 Å². The molecule has 0 aliphatic heterocycles. The van der Waals surface area contributed by atoms with Crippen LogP contribution >= 0.6 is 0 Å². The quantitative estimate of drug-likeness (QED) is 0.848. The van der Waals surface area contributed by atoms with Gasteiger partial charge in [0.1, 0.15) is 5.75 Å². The molecule has 0 spiro atoms. The highest BCUT2D eigenvalue weighted by atomic mass is 16.3. The molecule has 0 heterocycles. The molecule has 2 aromatic carbocycles. The van der Waals surface area contributed by atoms with Crippen molar-refractivity contribution in [2.24, 2.45) is 0 Å². The molecule has 4 heteroatoms. The third-order valence-electron chi connectivity index (χ3n) is 3.31. The van der Waals surface area contributed by atoms with Gasteiger partial charge in [0.25, 0.3) is 5.91 Å². The summed E-state index contributed by atoms with van der Waals surface area (Å²) in [4.78, 5) is 14.4. The Labute approximate surface area is 124 Å². The summed E-state index contributed by atoms with van der Waals surface area (Å²) >= 11 is 0. The SMILES string of the molecule is CC(C)N(Cc1ccc(N)cc1)C(=O)c1cccc(O)c1. The van der Waals surface area contributed by atoms with Crippen molar-refractivity contribution in [1.82, 2.24) is 4.90 Å². The third kappa shape index (κ3) is 3.75. The number of hydrogen-bond acceptors (Lipinski definition) is 3. The molecule has 2 rings (SSSR count). The van der Waals surface area contributed by atoms with Crippen molar-refractivity contribution in [2.45, 2.75) is 26.4 Å². The fourth-order valence-electron chi connectivity index (χ4n) is 2.11. The van der Waals surface area contributed by atoms with Gasteiger partial charge in [-0.2, -0.15) is 0 Å². The van der Waals surface area contributed by atoms with Gasteiger partial charge in [-0.25, -0.2) is 0 Å². The Morgan fingerprint density at radius 1 is 1.19 bits per heavy atom. The van der Waals surface area contributed by atoms with Crippen molar-refractivity contribution in [3.05, 3.63) is 59.7 Å². The van der Waals surface area contributed by atoms with Gasteiger partial charge in [-0.1, -0.05) is 18.2 Å². The van der Waals surface area contributed by atoms with E-state index in [2.05, 4.69) is 0 Å². The maximum absolute atomic E-state index is 12.6. The zero-order valence-corrected chi connectivity index (χ0v) is 12.3. The molecule has 0 aliphatic rings. The Morgan fingerprint density at radius 2 is 1.86 bits per heavy atom. The van der Waals surface area contributed by atoms with Crippen molar-refractivity contribution < 1.29 is 9.90 Å². The van der Waals surface area contributed by atoms with Crippen LogP contribution in [-0.4, -0.2) is 22.0 Å². The van der Waals surface area contributed by atoms with E-state index in [1.807, 2.05) is 38.1 Å². The van der Waals surface area contributed by atoms with Gasteiger partial charge in [0.15, 0.2) is 0 Å². The molecule has 0 unspecified atom stereocenters. The van der Waals surface area contributed by atoms with E-state index in [1.165, 1.54) is 6.07 Å². The minimum atomic E-state index is -0.0993. The van der Waals surface area contributed by atoms with Gasteiger partial charge in [0.2, 0.25) is 0 Å². The summed E-state index contributed by atoms with van der Waals surface area (Å²) in [6.45, 7) is 4.45. The van der Waals surface area contributed by atoms with Crippen molar-refractivity contribution >= 4 is 11.6 Å². The molecule has 0 saturated carbocycles. The Bertz CT molecular complexity index is 621. The number of nitrogens with zero attached hydrogens (tertiary/aromatic N) is 1. The van der Waals surface area contributed by atoms with E-state index in [0.29, 0.717) is 17.8 Å². The lowest BCUT2D eigenvalue weighted by Gasteiger charge is -2.27. The van der Waals surface area contributed by atoms with Crippen LogP contribution in [0.5, 0.6) is 5.75 Å². The highest BCUT2D eigenvalue weighted by molar-refractivity contribution is 5.94. The predicted molar refractivity (Wildman–Crippen MR) is 84.0 cm³/mol. The molecule has 0 aromatic heterocycles. The Morgan fingerprint density at radius 3 is 2.43 bits per heavy atom.